The van der Waals surface area contributed by atoms with E-state index in [4.69, 9.17) is 0 Å². The van der Waals surface area contributed by atoms with Gasteiger partial charge in [0.05, 0.1) is 0 Å². The number of carbonyl (C=O) groups is 3. The Morgan fingerprint density at radius 3 is 2.52 bits per heavy atom. The number of hydrogen-bond donors (Lipinski definition) is 1. The highest BCUT2D eigenvalue weighted by atomic mass is 19.1. The molecule has 4 amide bonds. The molecule has 6 nitrogen and oxygen atoms in total. The first-order chi connectivity index (χ1) is 13.9. The van der Waals surface area contributed by atoms with Crippen LogP contribution in [0.3, 0.4) is 0 Å². The fourth-order valence-corrected chi connectivity index (χ4v) is 5.21. The van der Waals surface area contributed by atoms with Gasteiger partial charge in [-0.25, -0.2) is 9.18 Å². The summed E-state index contributed by atoms with van der Waals surface area (Å²) in [5, 5.41) is 2.75. The number of urea groups is 1. The smallest absolute Gasteiger partial charge is 0.325 e. The minimum Gasteiger partial charge on any atom is -0.341 e. The predicted octanol–water partition coefficient (Wildman–Crippen LogP) is 3.02. The first-order valence-corrected chi connectivity index (χ1v) is 10.6. The second-order valence-corrected chi connectivity index (χ2v) is 8.52. The zero-order valence-electron chi connectivity index (χ0n) is 16.8. The third-order valence-corrected chi connectivity index (χ3v) is 6.98. The standard InChI is InChI=1S/C22H28FN3O3/c1-2-22(17-7-9-18(23)10-8-17)20(28)26(21(29)24-22)14-19(27)25-12-11-15-5-3-4-6-16(15)13-25/h7-10,15-16H,2-6,11-14H2,1H3,(H,24,29)/t15-,16+,22-/m0/s1. The molecule has 2 heterocycles. The lowest BCUT2D eigenvalue weighted by Gasteiger charge is -2.41. The maximum Gasteiger partial charge on any atom is 0.325 e. The Kier molecular flexibility index (Phi) is 5.32. The molecule has 0 radical (unpaired) electrons. The van der Waals surface area contributed by atoms with Gasteiger partial charge < -0.3 is 10.2 Å². The number of nitrogens with zero attached hydrogens (tertiary/aromatic N) is 2. The fourth-order valence-electron chi connectivity index (χ4n) is 5.21. The van der Waals surface area contributed by atoms with Crippen LogP contribution in [0.2, 0.25) is 0 Å². The van der Waals surface area contributed by atoms with Crippen LogP contribution in [-0.4, -0.2) is 47.3 Å². The number of halogens is 1. The van der Waals surface area contributed by atoms with Crippen molar-refractivity contribution in [2.75, 3.05) is 19.6 Å². The lowest BCUT2D eigenvalue weighted by atomic mass is 9.75. The van der Waals surface area contributed by atoms with Gasteiger partial charge in [0.15, 0.2) is 0 Å². The van der Waals surface area contributed by atoms with Gasteiger partial charge in [0.25, 0.3) is 5.91 Å². The monoisotopic (exact) mass is 401 g/mol. The van der Waals surface area contributed by atoms with Gasteiger partial charge in [-0.3, -0.25) is 14.5 Å². The molecule has 1 aliphatic carbocycles. The molecule has 0 unspecified atom stereocenters. The summed E-state index contributed by atoms with van der Waals surface area (Å²) in [5.74, 6) is 0.213. The van der Waals surface area contributed by atoms with Crippen molar-refractivity contribution in [1.82, 2.24) is 15.1 Å². The largest absolute Gasteiger partial charge is 0.341 e. The highest BCUT2D eigenvalue weighted by Crippen LogP contribution is 2.36. The van der Waals surface area contributed by atoms with E-state index in [0.29, 0.717) is 30.4 Å². The Labute approximate surface area is 170 Å². The average molecular weight is 401 g/mol. The molecular formula is C22H28FN3O3. The van der Waals surface area contributed by atoms with Gasteiger partial charge in [-0.15, -0.1) is 0 Å². The van der Waals surface area contributed by atoms with E-state index >= 15 is 0 Å². The summed E-state index contributed by atoms with van der Waals surface area (Å²) in [6.45, 7) is 2.97. The highest BCUT2D eigenvalue weighted by Gasteiger charge is 2.52. The van der Waals surface area contributed by atoms with E-state index in [1.165, 1.54) is 43.5 Å². The lowest BCUT2D eigenvalue weighted by Crippen LogP contribution is -2.49. The molecule has 0 aromatic heterocycles. The van der Waals surface area contributed by atoms with E-state index in [9.17, 15) is 18.8 Å². The van der Waals surface area contributed by atoms with Crippen molar-refractivity contribution in [2.24, 2.45) is 11.8 Å². The summed E-state index contributed by atoms with van der Waals surface area (Å²) >= 11 is 0. The number of benzene rings is 1. The Balaban J connectivity index is 1.47. The fraction of sp³-hybridized carbons (Fsp3) is 0.591. The minimum atomic E-state index is -1.25. The highest BCUT2D eigenvalue weighted by molar-refractivity contribution is 6.09. The number of amides is 4. The van der Waals surface area contributed by atoms with Crippen molar-refractivity contribution in [1.29, 1.82) is 0 Å². The van der Waals surface area contributed by atoms with E-state index in [2.05, 4.69) is 5.32 Å². The lowest BCUT2D eigenvalue weighted by molar-refractivity contribution is -0.141. The number of fused-ring (bicyclic) bond motifs is 1. The van der Waals surface area contributed by atoms with E-state index in [-0.39, 0.29) is 12.5 Å². The third-order valence-electron chi connectivity index (χ3n) is 6.98. The summed E-state index contributed by atoms with van der Waals surface area (Å²) in [7, 11) is 0. The van der Waals surface area contributed by atoms with Crippen LogP contribution in [0.5, 0.6) is 0 Å². The summed E-state index contributed by atoms with van der Waals surface area (Å²) in [5.41, 5.74) is -0.723. The molecule has 1 saturated carbocycles. The normalized spacial score (nSPS) is 29.6. The average Bonchev–Trinajstić information content (AvgIpc) is 2.99. The molecule has 0 spiro atoms. The van der Waals surface area contributed by atoms with Gasteiger partial charge in [-0.2, -0.15) is 0 Å². The van der Waals surface area contributed by atoms with Gasteiger partial charge in [0.2, 0.25) is 5.91 Å². The van der Waals surface area contributed by atoms with Crippen molar-refractivity contribution < 1.29 is 18.8 Å². The van der Waals surface area contributed by atoms with Crippen molar-refractivity contribution >= 4 is 17.8 Å². The molecule has 2 saturated heterocycles. The van der Waals surface area contributed by atoms with E-state index in [1.807, 2.05) is 4.90 Å². The summed E-state index contributed by atoms with van der Waals surface area (Å²) < 4.78 is 13.3. The molecular weight excluding hydrogens is 373 g/mol. The minimum absolute atomic E-state index is 0.177. The van der Waals surface area contributed by atoms with Crippen molar-refractivity contribution in [3.05, 3.63) is 35.6 Å². The first kappa shape index (κ1) is 19.9. The summed E-state index contributed by atoms with van der Waals surface area (Å²) in [4.78, 5) is 41.5. The predicted molar refractivity (Wildman–Crippen MR) is 105 cm³/mol. The third kappa shape index (κ3) is 3.51. The SMILES string of the molecule is CC[C@@]1(c2ccc(F)cc2)NC(=O)N(CC(=O)N2CC[C@@H]3CCCC[C@@H]3C2)C1=O. The van der Waals surface area contributed by atoms with Crippen LogP contribution in [-0.2, 0) is 15.1 Å². The maximum atomic E-state index is 13.3. The zero-order chi connectivity index (χ0) is 20.6. The van der Waals surface area contributed by atoms with Gasteiger partial charge in [-0.1, -0.05) is 38.3 Å². The zero-order valence-corrected chi connectivity index (χ0v) is 16.8. The van der Waals surface area contributed by atoms with Gasteiger partial charge in [0, 0.05) is 13.1 Å². The number of piperidine rings is 1. The van der Waals surface area contributed by atoms with Gasteiger partial charge in [0.1, 0.15) is 17.9 Å². The molecule has 3 atom stereocenters. The van der Waals surface area contributed by atoms with E-state index in [1.54, 1.807) is 6.92 Å². The quantitative estimate of drug-likeness (QED) is 0.789. The molecule has 3 fully saturated rings. The molecule has 2 aliphatic heterocycles. The molecule has 1 aromatic carbocycles. The molecule has 7 heteroatoms. The molecule has 4 rings (SSSR count). The Bertz CT molecular complexity index is 812. The van der Waals surface area contributed by atoms with Crippen molar-refractivity contribution in [3.8, 4) is 0 Å². The molecule has 3 aliphatic rings. The van der Waals surface area contributed by atoms with Crippen LogP contribution < -0.4 is 5.32 Å². The Morgan fingerprint density at radius 2 is 1.83 bits per heavy atom. The van der Waals surface area contributed by atoms with Crippen LogP contribution in [0.15, 0.2) is 24.3 Å². The number of nitrogens with one attached hydrogen (secondary N) is 1. The van der Waals surface area contributed by atoms with Crippen LogP contribution in [0.1, 0.15) is 51.0 Å². The van der Waals surface area contributed by atoms with Crippen LogP contribution in [0.25, 0.3) is 0 Å². The van der Waals surface area contributed by atoms with Gasteiger partial charge in [-0.05, 0) is 48.8 Å². The maximum absolute atomic E-state index is 13.3. The van der Waals surface area contributed by atoms with Crippen molar-refractivity contribution in [2.45, 2.75) is 51.0 Å². The second-order valence-electron chi connectivity index (χ2n) is 8.52. The van der Waals surface area contributed by atoms with Crippen LogP contribution in [0.4, 0.5) is 9.18 Å². The number of imide groups is 1. The Morgan fingerprint density at radius 1 is 1.14 bits per heavy atom. The van der Waals surface area contributed by atoms with Crippen molar-refractivity contribution in [3.63, 3.8) is 0 Å². The van der Waals surface area contributed by atoms with Gasteiger partial charge >= 0.3 is 6.03 Å². The number of carbonyl (C=O) groups excluding carboxylic acids is 3. The Hall–Kier alpha value is -2.44. The van der Waals surface area contributed by atoms with Crippen LogP contribution >= 0.6 is 0 Å². The van der Waals surface area contributed by atoms with E-state index < -0.39 is 23.3 Å². The number of rotatable bonds is 4. The molecule has 0 bridgehead atoms. The molecule has 29 heavy (non-hydrogen) atoms. The summed E-state index contributed by atoms with van der Waals surface area (Å²) in [6.07, 6.45) is 6.22. The number of hydrogen-bond acceptors (Lipinski definition) is 3. The molecule has 1 aromatic rings. The molecule has 1 N–H and O–H groups in total. The summed E-state index contributed by atoms with van der Waals surface area (Å²) in [6, 6.07) is 5.00. The second kappa shape index (κ2) is 7.76. The van der Waals surface area contributed by atoms with E-state index in [0.717, 1.165) is 24.3 Å². The molecule has 156 valence electrons. The number of likely N-dealkylation sites (tertiary alicyclic amines) is 1. The van der Waals surface area contributed by atoms with Crippen LogP contribution in [0, 0.1) is 17.7 Å². The topological polar surface area (TPSA) is 69.7 Å². The first-order valence-electron chi connectivity index (χ1n) is 10.6.